The van der Waals surface area contributed by atoms with Gasteiger partial charge in [0.15, 0.2) is 0 Å². The lowest BCUT2D eigenvalue weighted by molar-refractivity contribution is -0.147. The van der Waals surface area contributed by atoms with Gasteiger partial charge in [0.25, 0.3) is 0 Å². The van der Waals surface area contributed by atoms with E-state index in [9.17, 15) is 9.59 Å². The minimum Gasteiger partial charge on any atom is -0.378 e. The first kappa shape index (κ1) is 28.8. The van der Waals surface area contributed by atoms with Crippen LogP contribution in [0.4, 0.5) is 11.4 Å². The Morgan fingerprint density at radius 3 is 2.44 bits per heavy atom. The number of H-pyrrole nitrogens is 1. The second-order valence-electron chi connectivity index (χ2n) is 13.6. The van der Waals surface area contributed by atoms with Gasteiger partial charge >= 0.3 is 0 Å². The molecule has 2 aliphatic heterocycles. The van der Waals surface area contributed by atoms with Crippen LogP contribution >= 0.6 is 11.8 Å². The largest absolute Gasteiger partial charge is 0.378 e. The summed E-state index contributed by atoms with van der Waals surface area (Å²) in [6.45, 7) is 10.0. The van der Waals surface area contributed by atoms with Crippen LogP contribution in [0.3, 0.4) is 0 Å². The number of nitrogens with one attached hydrogen (secondary N) is 2. The number of aromatic amines is 1. The molecule has 0 bridgehead atoms. The maximum absolute atomic E-state index is 14.4. The molecule has 2 aromatic carbocycles. The van der Waals surface area contributed by atoms with E-state index in [1.807, 2.05) is 23.9 Å². The van der Waals surface area contributed by atoms with Gasteiger partial charge in [0.2, 0.25) is 11.8 Å². The molecule has 4 fully saturated rings. The van der Waals surface area contributed by atoms with Gasteiger partial charge in [0, 0.05) is 53.5 Å². The number of hydrogen-bond acceptors (Lipinski definition) is 5. The van der Waals surface area contributed by atoms with E-state index in [0.29, 0.717) is 25.2 Å². The molecule has 2 atom stereocenters. The van der Waals surface area contributed by atoms with E-state index < -0.39 is 5.54 Å². The van der Waals surface area contributed by atoms with Crippen molar-refractivity contribution in [2.45, 2.75) is 70.4 Å². The summed E-state index contributed by atoms with van der Waals surface area (Å²) in [5, 5.41) is 4.53. The van der Waals surface area contributed by atoms with E-state index in [1.165, 1.54) is 16.6 Å². The first-order valence-corrected chi connectivity index (χ1v) is 17.2. The molecule has 3 heterocycles. The van der Waals surface area contributed by atoms with Crippen LogP contribution in [0.15, 0.2) is 48.5 Å². The maximum atomic E-state index is 14.4. The lowest BCUT2D eigenvalue weighted by Crippen LogP contribution is -2.61. The highest BCUT2D eigenvalue weighted by atomic mass is 32.2. The number of amides is 2. The molecule has 2 N–H and O–H groups in total. The number of nitrogens with zero attached hydrogens (tertiary/aromatic N) is 2. The average Bonchev–Trinajstić information content (AvgIpc) is 3.90. The first-order valence-electron chi connectivity index (χ1n) is 16.0. The van der Waals surface area contributed by atoms with Gasteiger partial charge in [-0.2, -0.15) is 11.8 Å². The van der Waals surface area contributed by atoms with Gasteiger partial charge in [-0.3, -0.25) is 9.59 Å². The Hall–Kier alpha value is -2.97. The Balaban J connectivity index is 1.12. The van der Waals surface area contributed by atoms with E-state index >= 15 is 0 Å². The molecule has 0 radical (unpaired) electrons. The molecular weight excluding hydrogens is 556 g/mol. The Kier molecular flexibility index (Phi) is 7.49. The van der Waals surface area contributed by atoms with Gasteiger partial charge in [0.1, 0.15) is 5.54 Å². The number of carbonyl (C=O) groups excluding carboxylic acids is 2. The lowest BCUT2D eigenvalue weighted by Gasteiger charge is -2.45. The van der Waals surface area contributed by atoms with Crippen molar-refractivity contribution in [1.82, 2.24) is 9.88 Å². The highest BCUT2D eigenvalue weighted by Gasteiger charge is 2.61. The van der Waals surface area contributed by atoms with Crippen molar-refractivity contribution in [2.75, 3.05) is 48.0 Å². The van der Waals surface area contributed by atoms with E-state index in [-0.39, 0.29) is 29.2 Å². The van der Waals surface area contributed by atoms with Gasteiger partial charge in [-0.1, -0.05) is 32.0 Å². The highest BCUT2D eigenvalue weighted by molar-refractivity contribution is 7.99. The van der Waals surface area contributed by atoms with Gasteiger partial charge in [-0.25, -0.2) is 0 Å². The van der Waals surface area contributed by atoms with Gasteiger partial charge < -0.3 is 24.8 Å². The highest BCUT2D eigenvalue weighted by Crippen LogP contribution is 2.67. The molecule has 0 spiro atoms. The SMILES string of the molecule is Cc1[nH]c2ccccc2c1[C@H]1[C@H](CC(=O)N(C2CC2)C2(C(=O)Nc3ccc(N4CCOCC4)cc3)CCSCC2)C1(C)C. The third-order valence-corrected chi connectivity index (χ3v) is 11.6. The van der Waals surface area contributed by atoms with Gasteiger partial charge in [0.05, 0.1) is 13.2 Å². The lowest BCUT2D eigenvalue weighted by atomic mass is 9.87. The zero-order valence-electron chi connectivity index (χ0n) is 25.7. The summed E-state index contributed by atoms with van der Waals surface area (Å²) in [6.07, 6.45) is 3.87. The molecule has 0 unspecified atom stereocenters. The van der Waals surface area contributed by atoms with Crippen LogP contribution in [0, 0.1) is 18.3 Å². The van der Waals surface area contributed by atoms with Crippen molar-refractivity contribution < 1.29 is 14.3 Å². The first-order chi connectivity index (χ1) is 20.8. The van der Waals surface area contributed by atoms with Crippen LogP contribution in [-0.2, 0) is 14.3 Å². The maximum Gasteiger partial charge on any atom is 0.250 e. The Morgan fingerprint density at radius 2 is 1.74 bits per heavy atom. The number of aryl methyl sites for hydroxylation is 1. The molecule has 2 amide bonds. The van der Waals surface area contributed by atoms with Crippen LogP contribution in [0.2, 0.25) is 0 Å². The number of fused-ring (bicyclic) bond motifs is 1. The number of benzene rings is 2. The smallest absolute Gasteiger partial charge is 0.250 e. The van der Waals surface area contributed by atoms with Crippen LogP contribution in [0.5, 0.6) is 0 Å². The quantitative estimate of drug-likeness (QED) is 0.316. The summed E-state index contributed by atoms with van der Waals surface area (Å²) < 4.78 is 5.49. The van der Waals surface area contributed by atoms with Crippen LogP contribution in [0.25, 0.3) is 10.9 Å². The minimum atomic E-state index is -0.794. The van der Waals surface area contributed by atoms with Crippen molar-refractivity contribution in [3.05, 3.63) is 59.8 Å². The monoisotopic (exact) mass is 600 g/mol. The van der Waals surface area contributed by atoms with Gasteiger partial charge in [-0.05, 0) is 97.3 Å². The Bertz CT molecular complexity index is 1500. The van der Waals surface area contributed by atoms with E-state index in [0.717, 1.165) is 67.5 Å². The minimum absolute atomic E-state index is 0.0220. The Labute approximate surface area is 259 Å². The summed E-state index contributed by atoms with van der Waals surface area (Å²) in [6, 6.07) is 16.8. The Morgan fingerprint density at radius 1 is 1.05 bits per heavy atom. The van der Waals surface area contributed by atoms with Crippen molar-refractivity contribution in [3.8, 4) is 0 Å². The second-order valence-corrected chi connectivity index (χ2v) is 14.8. The number of para-hydroxylation sites is 1. The molecule has 3 aromatic rings. The number of aromatic nitrogens is 1. The number of ether oxygens (including phenoxy) is 1. The fourth-order valence-electron chi connectivity index (χ4n) is 7.92. The average molecular weight is 601 g/mol. The molecule has 8 heteroatoms. The third kappa shape index (κ3) is 5.24. The van der Waals surface area contributed by atoms with Crippen molar-refractivity contribution in [1.29, 1.82) is 0 Å². The number of rotatable bonds is 8. The summed E-state index contributed by atoms with van der Waals surface area (Å²) in [4.78, 5) is 36.7. The number of anilines is 2. The van der Waals surface area contributed by atoms with E-state index in [2.05, 4.69) is 77.3 Å². The van der Waals surface area contributed by atoms with Crippen molar-refractivity contribution in [2.24, 2.45) is 11.3 Å². The molecule has 7 nitrogen and oxygen atoms in total. The molecule has 43 heavy (non-hydrogen) atoms. The summed E-state index contributed by atoms with van der Waals surface area (Å²) in [5.74, 6) is 2.50. The van der Waals surface area contributed by atoms with Crippen LogP contribution in [0.1, 0.15) is 63.1 Å². The standard InChI is InChI=1S/C35H44N4O3S/c1-23-31(27-6-4-5-7-29(27)36-23)32-28(34(32,2)3)22-30(40)39(26-12-13-26)35(14-20-43-21-15-35)33(41)37-24-8-10-25(11-9-24)38-16-18-42-19-17-38/h4-11,26,28,32,36H,12-22H2,1-3H3,(H,37,41)/t28-,32+/m0/s1. The zero-order chi connectivity index (χ0) is 29.8. The molecule has 228 valence electrons. The predicted molar refractivity (Wildman–Crippen MR) is 175 cm³/mol. The van der Waals surface area contributed by atoms with Crippen molar-refractivity contribution >= 4 is 45.9 Å². The molecule has 2 saturated carbocycles. The molecule has 2 aliphatic carbocycles. The van der Waals surface area contributed by atoms with E-state index in [1.54, 1.807) is 0 Å². The number of thioether (sulfide) groups is 1. The van der Waals surface area contributed by atoms with Gasteiger partial charge in [-0.15, -0.1) is 0 Å². The second kappa shape index (κ2) is 11.2. The normalized spacial score (nSPS) is 24.5. The fourth-order valence-corrected chi connectivity index (χ4v) is 9.09. The number of hydrogen-bond donors (Lipinski definition) is 2. The molecule has 1 aromatic heterocycles. The zero-order valence-corrected chi connectivity index (χ0v) is 26.5. The van der Waals surface area contributed by atoms with Crippen LogP contribution in [-0.4, -0.2) is 71.1 Å². The van der Waals surface area contributed by atoms with E-state index in [4.69, 9.17) is 4.74 Å². The molecule has 7 rings (SSSR count). The summed E-state index contributed by atoms with van der Waals surface area (Å²) >= 11 is 1.89. The number of morpholine rings is 1. The fraction of sp³-hybridized carbons (Fsp3) is 0.543. The molecular formula is C35H44N4O3S. The summed E-state index contributed by atoms with van der Waals surface area (Å²) in [7, 11) is 0. The van der Waals surface area contributed by atoms with Crippen LogP contribution < -0.4 is 10.2 Å². The topological polar surface area (TPSA) is 77.7 Å². The third-order valence-electron chi connectivity index (χ3n) is 10.6. The van der Waals surface area contributed by atoms with Crippen molar-refractivity contribution in [3.63, 3.8) is 0 Å². The molecule has 2 saturated heterocycles. The number of carbonyl (C=O) groups is 2. The summed E-state index contributed by atoms with van der Waals surface area (Å²) in [5.41, 5.74) is 4.90. The molecule has 4 aliphatic rings. The predicted octanol–water partition coefficient (Wildman–Crippen LogP) is 6.34.